The Morgan fingerprint density at radius 1 is 1.07 bits per heavy atom. The van der Waals surface area contributed by atoms with E-state index in [1.54, 1.807) is 14.0 Å². The minimum Gasteiger partial charge on any atom is -0.372 e. The number of methoxy groups -OCH3 is 1. The third-order valence-electron chi connectivity index (χ3n) is 2.18. The van der Waals surface area contributed by atoms with Crippen molar-refractivity contribution in [3.05, 3.63) is 0 Å². The Hall–Kier alpha value is -0.570. The highest BCUT2D eigenvalue weighted by Crippen LogP contribution is 2.07. The molecule has 3 heteroatoms. The molecule has 1 atom stereocenters. The van der Waals surface area contributed by atoms with Crippen molar-refractivity contribution < 1.29 is 9.53 Å². The molecule has 3 nitrogen and oxygen atoms in total. The molecular formula is C12H25NO2. The molecular weight excluding hydrogens is 190 g/mol. The molecule has 0 aromatic heterocycles. The predicted molar refractivity (Wildman–Crippen MR) is 62.7 cm³/mol. The molecule has 0 rings (SSSR count). The SMILES string of the molecule is COC(C)C(=O)N(CC(C)C)CC(C)C. The van der Waals surface area contributed by atoms with Crippen LogP contribution in [0.5, 0.6) is 0 Å². The summed E-state index contributed by atoms with van der Waals surface area (Å²) in [4.78, 5) is 13.9. The molecule has 0 saturated heterocycles. The largest absolute Gasteiger partial charge is 0.372 e. The highest BCUT2D eigenvalue weighted by Gasteiger charge is 2.21. The van der Waals surface area contributed by atoms with Crippen molar-refractivity contribution >= 4 is 5.91 Å². The molecule has 0 aromatic carbocycles. The highest BCUT2D eigenvalue weighted by molar-refractivity contribution is 5.80. The standard InChI is InChI=1S/C12H25NO2/c1-9(2)7-13(8-10(3)4)12(14)11(5)15-6/h9-11H,7-8H2,1-6H3. The third kappa shape index (κ3) is 5.78. The Kier molecular flexibility index (Phi) is 6.57. The molecule has 0 aromatic rings. The normalized spacial score (nSPS) is 13.3. The minimum absolute atomic E-state index is 0.0971. The van der Waals surface area contributed by atoms with Gasteiger partial charge in [0.1, 0.15) is 6.10 Å². The van der Waals surface area contributed by atoms with Crippen LogP contribution in [0, 0.1) is 11.8 Å². The van der Waals surface area contributed by atoms with Crippen molar-refractivity contribution in [1.29, 1.82) is 0 Å². The molecule has 0 heterocycles. The lowest BCUT2D eigenvalue weighted by molar-refractivity contribution is -0.142. The second-order valence-electron chi connectivity index (χ2n) is 4.91. The molecule has 90 valence electrons. The van der Waals surface area contributed by atoms with E-state index in [1.807, 2.05) is 4.90 Å². The van der Waals surface area contributed by atoms with E-state index in [0.29, 0.717) is 11.8 Å². The van der Waals surface area contributed by atoms with E-state index in [2.05, 4.69) is 27.7 Å². The van der Waals surface area contributed by atoms with Gasteiger partial charge in [-0.25, -0.2) is 0 Å². The number of nitrogens with zero attached hydrogens (tertiary/aromatic N) is 1. The monoisotopic (exact) mass is 215 g/mol. The number of hydrogen-bond acceptors (Lipinski definition) is 2. The van der Waals surface area contributed by atoms with Crippen LogP contribution >= 0.6 is 0 Å². The Morgan fingerprint density at radius 3 is 1.73 bits per heavy atom. The second-order valence-corrected chi connectivity index (χ2v) is 4.91. The maximum Gasteiger partial charge on any atom is 0.251 e. The summed E-state index contributed by atoms with van der Waals surface area (Å²) in [5.74, 6) is 1.09. The average molecular weight is 215 g/mol. The molecule has 0 N–H and O–H groups in total. The summed E-state index contributed by atoms with van der Waals surface area (Å²) in [5, 5.41) is 0. The Morgan fingerprint density at radius 2 is 1.47 bits per heavy atom. The van der Waals surface area contributed by atoms with Gasteiger partial charge in [0.2, 0.25) is 0 Å². The van der Waals surface area contributed by atoms with Gasteiger partial charge in [0.25, 0.3) is 5.91 Å². The molecule has 0 aliphatic carbocycles. The first-order chi connectivity index (χ1) is 6.88. The van der Waals surface area contributed by atoms with E-state index >= 15 is 0 Å². The lowest BCUT2D eigenvalue weighted by Gasteiger charge is -2.28. The summed E-state index contributed by atoms with van der Waals surface area (Å²) in [6.07, 6.45) is -0.331. The van der Waals surface area contributed by atoms with E-state index in [0.717, 1.165) is 13.1 Å². The van der Waals surface area contributed by atoms with Gasteiger partial charge >= 0.3 is 0 Å². The summed E-state index contributed by atoms with van der Waals surface area (Å²) < 4.78 is 5.06. The maximum atomic E-state index is 11.9. The average Bonchev–Trinajstić information content (AvgIpc) is 2.13. The van der Waals surface area contributed by atoms with Crippen molar-refractivity contribution in [2.24, 2.45) is 11.8 Å². The summed E-state index contributed by atoms with van der Waals surface area (Å²) in [6, 6.07) is 0. The lowest BCUT2D eigenvalue weighted by Crippen LogP contribution is -2.42. The first kappa shape index (κ1) is 14.4. The molecule has 0 saturated carbocycles. The van der Waals surface area contributed by atoms with Gasteiger partial charge in [0.15, 0.2) is 0 Å². The van der Waals surface area contributed by atoms with Crippen LogP contribution in [0.2, 0.25) is 0 Å². The van der Waals surface area contributed by atoms with Gasteiger partial charge in [-0.3, -0.25) is 4.79 Å². The molecule has 0 aliphatic heterocycles. The van der Waals surface area contributed by atoms with Crippen LogP contribution < -0.4 is 0 Å². The minimum atomic E-state index is -0.331. The molecule has 0 bridgehead atoms. The Balaban J connectivity index is 4.40. The number of carbonyl (C=O) groups is 1. The van der Waals surface area contributed by atoms with Crippen LogP contribution in [0.25, 0.3) is 0 Å². The van der Waals surface area contributed by atoms with Gasteiger partial charge in [0.05, 0.1) is 0 Å². The fourth-order valence-electron chi connectivity index (χ4n) is 1.49. The fraction of sp³-hybridized carbons (Fsp3) is 0.917. The Bertz CT molecular complexity index is 180. The smallest absolute Gasteiger partial charge is 0.251 e. The summed E-state index contributed by atoms with van der Waals surface area (Å²) in [6.45, 7) is 11.9. The number of rotatable bonds is 6. The van der Waals surface area contributed by atoms with Crippen LogP contribution in [-0.2, 0) is 9.53 Å². The van der Waals surface area contributed by atoms with Crippen molar-refractivity contribution in [1.82, 2.24) is 4.90 Å². The van der Waals surface area contributed by atoms with E-state index in [-0.39, 0.29) is 12.0 Å². The highest BCUT2D eigenvalue weighted by atomic mass is 16.5. The molecule has 0 spiro atoms. The number of carbonyl (C=O) groups excluding carboxylic acids is 1. The Labute approximate surface area is 93.8 Å². The van der Waals surface area contributed by atoms with Crippen LogP contribution in [0.15, 0.2) is 0 Å². The molecule has 0 aliphatic rings. The third-order valence-corrected chi connectivity index (χ3v) is 2.18. The van der Waals surface area contributed by atoms with Gasteiger partial charge in [0, 0.05) is 20.2 Å². The zero-order valence-corrected chi connectivity index (χ0v) is 10.9. The van der Waals surface area contributed by atoms with Gasteiger partial charge in [-0.15, -0.1) is 0 Å². The van der Waals surface area contributed by atoms with Crippen LogP contribution in [0.4, 0.5) is 0 Å². The van der Waals surface area contributed by atoms with E-state index < -0.39 is 0 Å². The van der Waals surface area contributed by atoms with Crippen molar-refractivity contribution in [2.75, 3.05) is 20.2 Å². The van der Waals surface area contributed by atoms with Crippen molar-refractivity contribution in [2.45, 2.75) is 40.7 Å². The molecule has 1 unspecified atom stereocenters. The fourth-order valence-corrected chi connectivity index (χ4v) is 1.49. The van der Waals surface area contributed by atoms with Crippen LogP contribution in [0.1, 0.15) is 34.6 Å². The van der Waals surface area contributed by atoms with E-state index in [1.165, 1.54) is 0 Å². The van der Waals surface area contributed by atoms with E-state index in [4.69, 9.17) is 4.74 Å². The van der Waals surface area contributed by atoms with Gasteiger partial charge in [-0.2, -0.15) is 0 Å². The van der Waals surface area contributed by atoms with Crippen molar-refractivity contribution in [3.63, 3.8) is 0 Å². The summed E-state index contributed by atoms with van der Waals surface area (Å²) in [7, 11) is 1.57. The number of amides is 1. The quantitative estimate of drug-likeness (QED) is 0.679. The van der Waals surface area contributed by atoms with Gasteiger partial charge in [-0.05, 0) is 18.8 Å². The number of hydrogen-bond donors (Lipinski definition) is 0. The lowest BCUT2D eigenvalue weighted by atomic mass is 10.1. The molecule has 15 heavy (non-hydrogen) atoms. The second kappa shape index (κ2) is 6.83. The topological polar surface area (TPSA) is 29.5 Å². The molecule has 1 amide bonds. The predicted octanol–water partition coefficient (Wildman–Crippen LogP) is 2.16. The molecule has 0 radical (unpaired) electrons. The van der Waals surface area contributed by atoms with Crippen molar-refractivity contribution in [3.8, 4) is 0 Å². The zero-order chi connectivity index (χ0) is 12.0. The van der Waals surface area contributed by atoms with Crippen LogP contribution in [-0.4, -0.2) is 37.1 Å². The van der Waals surface area contributed by atoms with E-state index in [9.17, 15) is 4.79 Å². The summed E-state index contributed by atoms with van der Waals surface area (Å²) in [5.41, 5.74) is 0. The first-order valence-electron chi connectivity index (χ1n) is 5.70. The zero-order valence-electron chi connectivity index (χ0n) is 10.9. The molecule has 0 fully saturated rings. The summed E-state index contributed by atoms with van der Waals surface area (Å²) >= 11 is 0. The van der Waals surface area contributed by atoms with Gasteiger partial charge < -0.3 is 9.64 Å². The number of ether oxygens (including phenoxy) is 1. The maximum absolute atomic E-state index is 11.9. The first-order valence-corrected chi connectivity index (χ1v) is 5.70. The van der Waals surface area contributed by atoms with Crippen LogP contribution in [0.3, 0.4) is 0 Å². The van der Waals surface area contributed by atoms with Gasteiger partial charge in [-0.1, -0.05) is 27.7 Å².